The molecule has 8 heteroatoms. The number of carbonyl (C=O) groups excluding carboxylic acids is 3. The van der Waals surface area contributed by atoms with Crippen LogP contribution >= 0.6 is 0 Å². The number of carbonyl (C=O) groups is 3. The highest BCUT2D eigenvalue weighted by atomic mass is 16.6. The molecular formula is C33H41N3O5. The maximum Gasteiger partial charge on any atom is 0.408 e. The number of aryl methyl sites for hydroxylation is 1. The smallest absolute Gasteiger partial charge is 0.408 e. The zero-order valence-corrected chi connectivity index (χ0v) is 24.5. The second-order valence-electron chi connectivity index (χ2n) is 11.1. The van der Waals surface area contributed by atoms with Gasteiger partial charge in [0, 0.05) is 19.5 Å². The summed E-state index contributed by atoms with van der Waals surface area (Å²) in [4.78, 5) is 42.5. The third kappa shape index (κ3) is 9.67. The fourth-order valence-corrected chi connectivity index (χ4v) is 4.43. The number of benzene rings is 3. The lowest BCUT2D eigenvalue weighted by atomic mass is 9.99. The summed E-state index contributed by atoms with van der Waals surface area (Å²) in [5, 5.41) is 15.5. The Morgan fingerprint density at radius 3 is 2.12 bits per heavy atom. The third-order valence-corrected chi connectivity index (χ3v) is 6.38. The molecule has 2 atom stereocenters. The monoisotopic (exact) mass is 559 g/mol. The summed E-state index contributed by atoms with van der Waals surface area (Å²) in [6.45, 7) is 9.74. The van der Waals surface area contributed by atoms with Crippen molar-refractivity contribution in [2.24, 2.45) is 0 Å². The first kappa shape index (κ1) is 31.2. The van der Waals surface area contributed by atoms with Gasteiger partial charge in [-0.2, -0.15) is 0 Å². The number of ether oxygens (including phenoxy) is 1. The van der Waals surface area contributed by atoms with Crippen LogP contribution in [0, 0.1) is 6.92 Å². The van der Waals surface area contributed by atoms with Crippen molar-refractivity contribution < 1.29 is 24.2 Å². The summed E-state index contributed by atoms with van der Waals surface area (Å²) in [5.74, 6) is -0.634. The van der Waals surface area contributed by atoms with Gasteiger partial charge in [-0.15, -0.1) is 0 Å². The van der Waals surface area contributed by atoms with E-state index in [1.54, 1.807) is 32.9 Å². The molecule has 0 saturated heterocycles. The van der Waals surface area contributed by atoms with E-state index in [2.05, 4.69) is 10.6 Å². The van der Waals surface area contributed by atoms with Crippen molar-refractivity contribution in [2.75, 3.05) is 6.54 Å². The fraction of sp³-hybridized carbons (Fsp3) is 0.364. The predicted octanol–water partition coefficient (Wildman–Crippen LogP) is 5.43. The third-order valence-electron chi connectivity index (χ3n) is 6.38. The molecule has 0 spiro atoms. The number of rotatable bonds is 11. The number of aromatic hydroxyl groups is 1. The molecular weight excluding hydrogens is 518 g/mol. The summed E-state index contributed by atoms with van der Waals surface area (Å²) < 4.78 is 5.47. The van der Waals surface area contributed by atoms with E-state index in [1.165, 1.54) is 17.0 Å². The minimum absolute atomic E-state index is 0.0962. The van der Waals surface area contributed by atoms with Crippen molar-refractivity contribution in [3.63, 3.8) is 0 Å². The molecule has 0 aliphatic heterocycles. The number of alkyl carbamates (subject to hydrolysis) is 1. The van der Waals surface area contributed by atoms with Gasteiger partial charge in [-0.25, -0.2) is 4.79 Å². The van der Waals surface area contributed by atoms with Crippen LogP contribution in [-0.2, 0) is 27.3 Å². The highest BCUT2D eigenvalue weighted by molar-refractivity contribution is 5.92. The maximum atomic E-state index is 14.3. The molecule has 3 amide bonds. The van der Waals surface area contributed by atoms with Crippen LogP contribution in [0.25, 0.3) is 0 Å². The van der Waals surface area contributed by atoms with Crippen molar-refractivity contribution in [1.82, 2.24) is 15.5 Å². The van der Waals surface area contributed by atoms with Crippen LogP contribution in [0.5, 0.6) is 5.75 Å². The Morgan fingerprint density at radius 2 is 1.54 bits per heavy atom. The van der Waals surface area contributed by atoms with Gasteiger partial charge in [0.1, 0.15) is 23.4 Å². The van der Waals surface area contributed by atoms with Gasteiger partial charge >= 0.3 is 6.09 Å². The first-order chi connectivity index (χ1) is 19.5. The van der Waals surface area contributed by atoms with Crippen LogP contribution in [0.4, 0.5) is 4.79 Å². The van der Waals surface area contributed by atoms with Crippen LogP contribution in [0.1, 0.15) is 62.4 Å². The summed E-state index contributed by atoms with van der Waals surface area (Å²) in [7, 11) is 0. The van der Waals surface area contributed by atoms with Crippen molar-refractivity contribution >= 4 is 17.9 Å². The van der Waals surface area contributed by atoms with Crippen molar-refractivity contribution in [3.05, 3.63) is 101 Å². The quantitative estimate of drug-likeness (QED) is 0.290. The Morgan fingerprint density at radius 1 is 0.902 bits per heavy atom. The van der Waals surface area contributed by atoms with E-state index >= 15 is 0 Å². The number of nitrogens with zero attached hydrogens (tertiary/aromatic N) is 1. The molecule has 0 radical (unpaired) electrons. The van der Waals surface area contributed by atoms with Gasteiger partial charge in [0.25, 0.3) is 0 Å². The summed E-state index contributed by atoms with van der Waals surface area (Å²) in [6, 6.07) is 21.6. The number of nitrogens with one attached hydrogen (secondary N) is 2. The highest BCUT2D eigenvalue weighted by Gasteiger charge is 2.36. The molecule has 218 valence electrons. The summed E-state index contributed by atoms with van der Waals surface area (Å²) in [6.07, 6.45) is 0.00924. The first-order valence-corrected chi connectivity index (χ1v) is 13.9. The van der Waals surface area contributed by atoms with Crippen LogP contribution < -0.4 is 10.6 Å². The van der Waals surface area contributed by atoms with E-state index in [0.717, 1.165) is 16.7 Å². The molecule has 3 rings (SSSR count). The molecule has 3 N–H and O–H groups in total. The van der Waals surface area contributed by atoms with Gasteiger partial charge in [0.15, 0.2) is 0 Å². The Kier molecular flexibility index (Phi) is 10.9. The molecule has 0 heterocycles. The van der Waals surface area contributed by atoms with E-state index in [-0.39, 0.29) is 24.6 Å². The molecule has 0 bridgehead atoms. The normalized spacial score (nSPS) is 12.6. The average molecular weight is 560 g/mol. The lowest BCUT2D eigenvalue weighted by Gasteiger charge is -2.34. The molecule has 3 aromatic carbocycles. The number of amides is 3. The van der Waals surface area contributed by atoms with E-state index in [4.69, 9.17) is 4.74 Å². The highest BCUT2D eigenvalue weighted by Crippen LogP contribution is 2.25. The van der Waals surface area contributed by atoms with Crippen LogP contribution in [0.3, 0.4) is 0 Å². The Bertz CT molecular complexity index is 1290. The number of phenols is 1. The van der Waals surface area contributed by atoms with Gasteiger partial charge in [-0.3, -0.25) is 9.59 Å². The molecule has 0 aliphatic carbocycles. The predicted molar refractivity (Wildman–Crippen MR) is 159 cm³/mol. The molecule has 8 nitrogen and oxygen atoms in total. The second kappa shape index (κ2) is 14.3. The van der Waals surface area contributed by atoms with Crippen molar-refractivity contribution in [1.29, 1.82) is 0 Å². The van der Waals surface area contributed by atoms with Gasteiger partial charge in [0.2, 0.25) is 11.8 Å². The van der Waals surface area contributed by atoms with E-state index < -0.39 is 29.7 Å². The first-order valence-electron chi connectivity index (χ1n) is 13.9. The maximum absolute atomic E-state index is 14.3. The molecule has 0 aliphatic rings. The summed E-state index contributed by atoms with van der Waals surface area (Å²) >= 11 is 0. The van der Waals surface area contributed by atoms with Crippen molar-refractivity contribution in [3.8, 4) is 5.75 Å². The van der Waals surface area contributed by atoms with Gasteiger partial charge in [-0.1, -0.05) is 79.2 Å². The van der Waals surface area contributed by atoms with Gasteiger partial charge in [-0.05, 0) is 62.9 Å². The lowest BCUT2D eigenvalue weighted by molar-refractivity contribution is -0.142. The molecule has 2 unspecified atom stereocenters. The van der Waals surface area contributed by atoms with Crippen LogP contribution in [0.2, 0.25) is 0 Å². The molecule has 0 saturated carbocycles. The van der Waals surface area contributed by atoms with E-state index in [0.29, 0.717) is 18.5 Å². The van der Waals surface area contributed by atoms with E-state index in [1.807, 2.05) is 68.4 Å². The molecule has 3 aromatic rings. The van der Waals surface area contributed by atoms with Crippen LogP contribution in [-0.4, -0.2) is 46.1 Å². The Labute approximate surface area is 242 Å². The topological polar surface area (TPSA) is 108 Å². The minimum Gasteiger partial charge on any atom is -0.508 e. The Hall–Kier alpha value is -4.33. The molecule has 41 heavy (non-hydrogen) atoms. The molecule has 0 aromatic heterocycles. The summed E-state index contributed by atoms with van der Waals surface area (Å²) in [5.41, 5.74) is 2.61. The number of hydrogen-bond donors (Lipinski definition) is 3. The lowest BCUT2D eigenvalue weighted by Crippen LogP contribution is -2.54. The zero-order chi connectivity index (χ0) is 30.0. The van der Waals surface area contributed by atoms with E-state index in [9.17, 15) is 19.5 Å². The number of hydrogen-bond acceptors (Lipinski definition) is 5. The van der Waals surface area contributed by atoms with Gasteiger partial charge in [0.05, 0.1) is 0 Å². The fourth-order valence-electron chi connectivity index (χ4n) is 4.43. The standard InChI is InChI=1S/C33H41N3O5/c1-6-20-36(29(26-16-12-23(2)13-17-26)30(38)34-22-25-10-8-7-9-11-25)31(39)28(35-32(40)41-33(3,4)5)21-24-14-18-27(37)19-15-24/h7-19,28-29,37H,6,20-22H2,1-5H3,(H,34,38)(H,35,40). The minimum atomic E-state index is -1.02. The zero-order valence-electron chi connectivity index (χ0n) is 24.5. The van der Waals surface area contributed by atoms with Crippen LogP contribution in [0.15, 0.2) is 78.9 Å². The largest absolute Gasteiger partial charge is 0.508 e. The van der Waals surface area contributed by atoms with Crippen molar-refractivity contribution in [2.45, 2.75) is 71.7 Å². The number of phenolic OH excluding ortho intramolecular Hbond substituents is 1. The Balaban J connectivity index is 1.98. The SMILES string of the molecule is CCCN(C(=O)C(Cc1ccc(O)cc1)NC(=O)OC(C)(C)C)C(C(=O)NCc1ccccc1)c1ccc(C)cc1. The van der Waals surface area contributed by atoms with Gasteiger partial charge < -0.3 is 25.4 Å². The average Bonchev–Trinajstić information content (AvgIpc) is 2.92. The second-order valence-corrected chi connectivity index (χ2v) is 11.1. The molecule has 0 fully saturated rings.